The quantitative estimate of drug-likeness (QED) is 0.522. The fourth-order valence-corrected chi connectivity index (χ4v) is 2.89. The van der Waals surface area contributed by atoms with Crippen molar-refractivity contribution in [1.29, 1.82) is 0 Å². The molecule has 6 heteroatoms. The first-order chi connectivity index (χ1) is 11.5. The van der Waals surface area contributed by atoms with Gasteiger partial charge in [0.1, 0.15) is 5.75 Å². The number of phenolic OH excluding ortho intramolecular Hbond substituents is 1. The minimum Gasteiger partial charge on any atom is -0.508 e. The van der Waals surface area contributed by atoms with Crippen LogP contribution in [0.25, 0.3) is 0 Å². The number of phenols is 1. The maximum Gasteiger partial charge on any atom is 0.315 e. The van der Waals surface area contributed by atoms with Crippen molar-refractivity contribution in [3.8, 4) is 5.75 Å². The Kier molecular flexibility index (Phi) is 6.90. The summed E-state index contributed by atoms with van der Waals surface area (Å²) in [5.41, 5.74) is 1.09. The second-order valence-electron chi connectivity index (χ2n) is 6.38. The predicted molar refractivity (Wildman–Crippen MR) is 92.8 cm³/mol. The molecule has 1 saturated heterocycles. The first-order valence-corrected chi connectivity index (χ1v) is 8.66. The van der Waals surface area contributed by atoms with Crippen LogP contribution in [-0.2, 0) is 11.2 Å². The Morgan fingerprint density at radius 2 is 1.92 bits per heavy atom. The van der Waals surface area contributed by atoms with Crippen LogP contribution < -0.4 is 16.0 Å². The van der Waals surface area contributed by atoms with Crippen LogP contribution in [-0.4, -0.2) is 35.7 Å². The van der Waals surface area contributed by atoms with Crippen molar-refractivity contribution in [2.24, 2.45) is 0 Å². The molecule has 3 amide bonds. The lowest BCUT2D eigenvalue weighted by molar-refractivity contribution is -0.121. The van der Waals surface area contributed by atoms with Gasteiger partial charge < -0.3 is 21.1 Å². The van der Waals surface area contributed by atoms with Crippen LogP contribution in [0.4, 0.5) is 4.79 Å². The summed E-state index contributed by atoms with van der Waals surface area (Å²) in [6.45, 7) is 2.62. The van der Waals surface area contributed by atoms with E-state index in [1.165, 1.54) is 0 Å². The molecule has 0 spiro atoms. The average Bonchev–Trinajstić information content (AvgIpc) is 2.87. The number of unbranched alkanes of at least 4 members (excludes halogenated alkanes) is 2. The largest absolute Gasteiger partial charge is 0.508 e. The van der Waals surface area contributed by atoms with Crippen molar-refractivity contribution < 1.29 is 14.7 Å². The summed E-state index contributed by atoms with van der Waals surface area (Å²) in [7, 11) is 0. The molecule has 0 bridgehead atoms. The van der Waals surface area contributed by atoms with E-state index in [2.05, 4.69) is 16.0 Å². The summed E-state index contributed by atoms with van der Waals surface area (Å²) in [6, 6.07) is 7.33. The molecule has 2 rings (SSSR count). The van der Waals surface area contributed by atoms with Crippen molar-refractivity contribution in [3.05, 3.63) is 29.8 Å². The van der Waals surface area contributed by atoms with E-state index < -0.39 is 0 Å². The summed E-state index contributed by atoms with van der Waals surface area (Å²) in [5, 5.41) is 17.9. The standard InChI is InChI=1S/C18H27N3O3/c1-13-16(21-18(24)20-13)5-3-2-4-6-17(23)19-12-11-14-7-9-15(22)10-8-14/h7-10,13,16,22H,2-6,11-12H2,1H3,(H,19,23)(H2,20,21,24). The Bertz CT molecular complexity index is 545. The van der Waals surface area contributed by atoms with Crippen LogP contribution in [0.15, 0.2) is 24.3 Å². The smallest absolute Gasteiger partial charge is 0.315 e. The summed E-state index contributed by atoms with van der Waals surface area (Å²) in [4.78, 5) is 23.0. The molecule has 1 aliphatic rings. The van der Waals surface area contributed by atoms with E-state index >= 15 is 0 Å². The highest BCUT2D eigenvalue weighted by molar-refractivity contribution is 5.77. The first-order valence-electron chi connectivity index (χ1n) is 8.66. The molecule has 4 N–H and O–H groups in total. The van der Waals surface area contributed by atoms with Gasteiger partial charge in [0.15, 0.2) is 0 Å². The Morgan fingerprint density at radius 1 is 1.17 bits per heavy atom. The van der Waals surface area contributed by atoms with Crippen LogP contribution in [0.1, 0.15) is 44.6 Å². The Balaban J connectivity index is 1.49. The number of carbonyl (C=O) groups is 2. The van der Waals surface area contributed by atoms with E-state index in [4.69, 9.17) is 0 Å². The van der Waals surface area contributed by atoms with E-state index in [9.17, 15) is 14.7 Å². The SMILES string of the molecule is CC1NC(=O)NC1CCCCCC(=O)NCCc1ccc(O)cc1. The molecule has 1 fully saturated rings. The summed E-state index contributed by atoms with van der Waals surface area (Å²) < 4.78 is 0. The third-order valence-corrected chi connectivity index (χ3v) is 4.37. The number of nitrogens with one attached hydrogen (secondary N) is 3. The van der Waals surface area contributed by atoms with Crippen LogP contribution >= 0.6 is 0 Å². The topological polar surface area (TPSA) is 90.5 Å². The third-order valence-electron chi connectivity index (χ3n) is 4.37. The van der Waals surface area contributed by atoms with Gasteiger partial charge in [-0.3, -0.25) is 4.79 Å². The fraction of sp³-hybridized carbons (Fsp3) is 0.556. The number of benzene rings is 1. The second-order valence-corrected chi connectivity index (χ2v) is 6.38. The van der Waals surface area contributed by atoms with Crippen LogP contribution in [0.2, 0.25) is 0 Å². The number of hydrogen-bond donors (Lipinski definition) is 4. The lowest BCUT2D eigenvalue weighted by Crippen LogP contribution is -2.30. The molecule has 24 heavy (non-hydrogen) atoms. The molecule has 1 aromatic rings. The molecule has 1 heterocycles. The zero-order valence-corrected chi connectivity index (χ0v) is 14.2. The third kappa shape index (κ3) is 6.10. The van der Waals surface area contributed by atoms with Crippen molar-refractivity contribution in [2.75, 3.05) is 6.54 Å². The molecular formula is C18H27N3O3. The monoisotopic (exact) mass is 333 g/mol. The van der Waals surface area contributed by atoms with Crippen molar-refractivity contribution in [1.82, 2.24) is 16.0 Å². The molecule has 132 valence electrons. The summed E-state index contributed by atoms with van der Waals surface area (Å²) in [6.07, 6.45) is 5.12. The van der Waals surface area contributed by atoms with Gasteiger partial charge in [0.05, 0.1) is 6.04 Å². The molecular weight excluding hydrogens is 306 g/mol. The Labute approximate surface area is 143 Å². The maximum atomic E-state index is 11.8. The zero-order valence-electron chi connectivity index (χ0n) is 14.2. The molecule has 2 atom stereocenters. The number of hydrogen-bond acceptors (Lipinski definition) is 3. The normalized spacial score (nSPS) is 19.6. The zero-order chi connectivity index (χ0) is 17.4. The molecule has 0 radical (unpaired) electrons. The van der Waals surface area contributed by atoms with E-state index in [0.29, 0.717) is 13.0 Å². The number of urea groups is 1. The molecule has 0 aliphatic carbocycles. The van der Waals surface area contributed by atoms with Gasteiger partial charge in [0.25, 0.3) is 0 Å². The van der Waals surface area contributed by atoms with Gasteiger partial charge in [-0.25, -0.2) is 4.79 Å². The van der Waals surface area contributed by atoms with E-state index in [-0.39, 0.29) is 29.8 Å². The summed E-state index contributed by atoms with van der Waals surface area (Å²) >= 11 is 0. The molecule has 1 aromatic carbocycles. The highest BCUT2D eigenvalue weighted by Crippen LogP contribution is 2.12. The van der Waals surface area contributed by atoms with Crippen molar-refractivity contribution in [3.63, 3.8) is 0 Å². The van der Waals surface area contributed by atoms with Crippen molar-refractivity contribution >= 4 is 11.9 Å². The molecule has 6 nitrogen and oxygen atoms in total. The van der Waals surface area contributed by atoms with Gasteiger partial charge in [-0.1, -0.05) is 25.0 Å². The minimum absolute atomic E-state index is 0.0815. The molecule has 0 saturated carbocycles. The maximum absolute atomic E-state index is 11.8. The van der Waals surface area contributed by atoms with Crippen LogP contribution in [0.5, 0.6) is 5.75 Å². The van der Waals surface area contributed by atoms with Gasteiger partial charge in [0.2, 0.25) is 5.91 Å². The van der Waals surface area contributed by atoms with Gasteiger partial charge >= 0.3 is 6.03 Å². The lowest BCUT2D eigenvalue weighted by atomic mass is 10.0. The number of carbonyl (C=O) groups excluding carboxylic acids is 2. The molecule has 1 aliphatic heterocycles. The van der Waals surface area contributed by atoms with E-state index in [1.807, 2.05) is 19.1 Å². The number of rotatable bonds is 9. The van der Waals surface area contributed by atoms with Crippen LogP contribution in [0.3, 0.4) is 0 Å². The van der Waals surface area contributed by atoms with E-state index in [1.54, 1.807) is 12.1 Å². The first kappa shape index (κ1) is 18.1. The van der Waals surface area contributed by atoms with Gasteiger partial charge in [-0.15, -0.1) is 0 Å². The number of amides is 3. The molecule has 2 unspecified atom stereocenters. The minimum atomic E-state index is -0.0829. The second kappa shape index (κ2) is 9.15. The van der Waals surface area contributed by atoms with Crippen LogP contribution in [0, 0.1) is 0 Å². The van der Waals surface area contributed by atoms with Gasteiger partial charge in [-0.05, 0) is 43.9 Å². The Hall–Kier alpha value is -2.24. The highest BCUT2D eigenvalue weighted by atomic mass is 16.3. The van der Waals surface area contributed by atoms with Crippen molar-refractivity contribution in [2.45, 2.75) is 57.5 Å². The van der Waals surface area contributed by atoms with Gasteiger partial charge in [0, 0.05) is 19.0 Å². The van der Waals surface area contributed by atoms with Gasteiger partial charge in [-0.2, -0.15) is 0 Å². The highest BCUT2D eigenvalue weighted by Gasteiger charge is 2.26. The summed E-state index contributed by atoms with van der Waals surface area (Å²) in [5.74, 6) is 0.336. The predicted octanol–water partition coefficient (Wildman–Crippen LogP) is 2.07. The molecule has 0 aromatic heterocycles. The lowest BCUT2D eigenvalue weighted by Gasteiger charge is -2.13. The number of aromatic hydroxyl groups is 1. The fourth-order valence-electron chi connectivity index (χ4n) is 2.89. The average molecular weight is 333 g/mol. The Morgan fingerprint density at radius 3 is 2.58 bits per heavy atom. The van der Waals surface area contributed by atoms with E-state index in [0.717, 1.165) is 37.7 Å².